The fourth-order valence-corrected chi connectivity index (χ4v) is 5.41. The summed E-state index contributed by atoms with van der Waals surface area (Å²) < 4.78 is 2.14. The number of amidine groups is 1. The van der Waals surface area contributed by atoms with Crippen molar-refractivity contribution in [1.29, 1.82) is 5.26 Å². The number of unbranched alkanes of at least 4 members (excludes halogenated alkanes) is 1. The molecule has 29 heavy (non-hydrogen) atoms. The third kappa shape index (κ3) is 3.40. The third-order valence-corrected chi connectivity index (χ3v) is 7.26. The molecular formula is C22H27BN5S+. The van der Waals surface area contributed by atoms with Crippen molar-refractivity contribution in [1.82, 2.24) is 10.1 Å². The van der Waals surface area contributed by atoms with E-state index < -0.39 is 0 Å². The van der Waals surface area contributed by atoms with Crippen LogP contribution in [0.3, 0.4) is 0 Å². The van der Waals surface area contributed by atoms with E-state index in [1.165, 1.54) is 17.1 Å². The molecule has 2 heterocycles. The minimum absolute atomic E-state index is 0.0163. The second kappa shape index (κ2) is 8.12. The molecule has 5 nitrogen and oxygen atoms in total. The van der Waals surface area contributed by atoms with E-state index in [1.54, 1.807) is 11.8 Å². The van der Waals surface area contributed by atoms with Gasteiger partial charge in [0.15, 0.2) is 12.9 Å². The number of hydrazine groups is 1. The van der Waals surface area contributed by atoms with Crippen molar-refractivity contribution in [2.75, 3.05) is 7.05 Å². The first-order chi connectivity index (χ1) is 14.1. The fraction of sp³-hybridized carbons (Fsp3) is 0.409. The number of aliphatic imine (C=N–C) groups is 1. The lowest BCUT2D eigenvalue weighted by molar-refractivity contribution is -0.541. The van der Waals surface area contributed by atoms with Gasteiger partial charge in [-0.2, -0.15) is 5.26 Å². The highest BCUT2D eigenvalue weighted by atomic mass is 32.2. The number of nitrogens with zero attached hydrogens (tertiary/aromatic N) is 4. The molecule has 0 fully saturated rings. The number of hydrogen-bond acceptors (Lipinski definition) is 5. The molecule has 4 aliphatic rings. The summed E-state index contributed by atoms with van der Waals surface area (Å²) in [6, 6.07) is 2.19. The van der Waals surface area contributed by atoms with Crippen LogP contribution in [0.1, 0.15) is 32.6 Å². The number of hydrazone groups is 1. The van der Waals surface area contributed by atoms with Gasteiger partial charge in [-0.05, 0) is 25.3 Å². The first-order valence-corrected chi connectivity index (χ1v) is 11.2. The summed E-state index contributed by atoms with van der Waals surface area (Å²) in [5, 5.41) is 13.2. The Labute approximate surface area is 178 Å². The van der Waals surface area contributed by atoms with Crippen LogP contribution in [0.15, 0.2) is 64.8 Å². The Morgan fingerprint density at radius 1 is 1.59 bits per heavy atom. The summed E-state index contributed by atoms with van der Waals surface area (Å²) in [5.74, 6) is 1.85. The Balaban J connectivity index is 1.76. The number of thioether (sulfide) groups is 1. The molecule has 3 atom stereocenters. The number of fused-ring (bicyclic) bond motifs is 2. The number of rotatable bonds is 8. The van der Waals surface area contributed by atoms with Gasteiger partial charge in [0.1, 0.15) is 6.07 Å². The lowest BCUT2D eigenvalue weighted by Gasteiger charge is -2.48. The average Bonchev–Trinajstić information content (AvgIpc) is 2.71. The maximum Gasteiger partial charge on any atom is 0.455 e. The van der Waals surface area contributed by atoms with Crippen molar-refractivity contribution < 1.29 is 4.68 Å². The molecule has 0 spiro atoms. The summed E-state index contributed by atoms with van der Waals surface area (Å²) in [4.78, 5) is 8.07. The molecular weight excluding hydrogens is 377 g/mol. The normalized spacial score (nSPS) is 24.8. The summed E-state index contributed by atoms with van der Waals surface area (Å²) in [6.45, 7) is 9.95. The van der Waals surface area contributed by atoms with Gasteiger partial charge >= 0.3 is 6.98 Å². The Morgan fingerprint density at radius 2 is 2.41 bits per heavy atom. The molecule has 2 aliphatic carbocycles. The van der Waals surface area contributed by atoms with Crippen LogP contribution >= 0.6 is 11.8 Å². The molecule has 2 unspecified atom stereocenters. The molecule has 4 rings (SSSR count). The maximum absolute atomic E-state index is 9.27. The molecule has 0 saturated heterocycles. The van der Waals surface area contributed by atoms with Gasteiger partial charge in [0, 0.05) is 28.9 Å². The van der Waals surface area contributed by atoms with Crippen LogP contribution in [-0.2, 0) is 0 Å². The van der Waals surface area contributed by atoms with Gasteiger partial charge < -0.3 is 4.81 Å². The lowest BCUT2D eigenvalue weighted by Crippen LogP contribution is -2.69. The van der Waals surface area contributed by atoms with Gasteiger partial charge in [-0.15, -0.1) is 23.0 Å². The van der Waals surface area contributed by atoms with Crippen LogP contribution in [0.2, 0.25) is 0 Å². The van der Waals surface area contributed by atoms with Gasteiger partial charge in [-0.25, -0.2) is 10.3 Å². The molecule has 0 aromatic heterocycles. The largest absolute Gasteiger partial charge is 0.455 e. The van der Waals surface area contributed by atoms with Gasteiger partial charge in [0.05, 0.1) is 10.8 Å². The Bertz CT molecular complexity index is 935. The summed E-state index contributed by atoms with van der Waals surface area (Å²) in [5.41, 5.74) is 3.71. The highest BCUT2D eigenvalue weighted by molar-refractivity contribution is 8.05. The topological polar surface area (TPSA) is 54.4 Å². The first kappa shape index (κ1) is 19.8. The van der Waals surface area contributed by atoms with Gasteiger partial charge in [0.2, 0.25) is 5.71 Å². The van der Waals surface area contributed by atoms with E-state index in [2.05, 4.69) is 72.3 Å². The Morgan fingerprint density at radius 3 is 3.14 bits per heavy atom. The van der Waals surface area contributed by atoms with Crippen LogP contribution < -0.4 is 5.34 Å². The van der Waals surface area contributed by atoms with Crippen LogP contribution in [0.4, 0.5) is 0 Å². The molecule has 1 N–H and O–H groups in total. The van der Waals surface area contributed by atoms with Crippen molar-refractivity contribution in [2.45, 2.75) is 37.8 Å². The zero-order valence-corrected chi connectivity index (χ0v) is 18.0. The van der Waals surface area contributed by atoms with Crippen molar-refractivity contribution in [3.8, 4) is 6.07 Å². The van der Waals surface area contributed by atoms with Gasteiger partial charge in [0.25, 0.3) is 0 Å². The summed E-state index contributed by atoms with van der Waals surface area (Å²) in [6.07, 6.45) is 14.8. The SMILES string of the molecule is C=CCCCC1=[N+](C)NB(C(CC)SC(=C)C#N)N2C3=CC=C[C@@H]4C=C(N=C12)C34. The molecule has 148 valence electrons. The van der Waals surface area contributed by atoms with E-state index in [1.807, 2.05) is 6.08 Å². The fourth-order valence-electron chi connectivity index (χ4n) is 4.52. The van der Waals surface area contributed by atoms with E-state index in [0.29, 0.717) is 16.7 Å². The zero-order chi connectivity index (χ0) is 20.5. The first-order valence-electron chi connectivity index (χ1n) is 10.3. The summed E-state index contributed by atoms with van der Waals surface area (Å²) >= 11 is 1.56. The van der Waals surface area contributed by atoms with E-state index in [0.717, 1.165) is 31.5 Å². The van der Waals surface area contributed by atoms with Crippen LogP contribution in [0.5, 0.6) is 0 Å². The maximum atomic E-state index is 9.27. The Hall–Kier alpha value is -2.46. The van der Waals surface area contributed by atoms with Crippen LogP contribution in [-0.4, -0.2) is 40.2 Å². The van der Waals surface area contributed by atoms with Gasteiger partial charge in [-0.1, -0.05) is 37.8 Å². The van der Waals surface area contributed by atoms with E-state index in [4.69, 9.17) is 4.99 Å². The molecule has 0 saturated carbocycles. The molecule has 0 aromatic carbocycles. The second-order valence-electron chi connectivity index (χ2n) is 7.79. The van der Waals surface area contributed by atoms with E-state index >= 15 is 0 Å². The lowest BCUT2D eigenvalue weighted by atomic mass is 9.63. The quantitative estimate of drug-likeness (QED) is 0.220. The molecule has 7 heteroatoms. The number of allylic oxidation sites excluding steroid dienone is 6. The molecule has 0 amide bonds. The van der Waals surface area contributed by atoms with Crippen LogP contribution in [0, 0.1) is 23.2 Å². The highest BCUT2D eigenvalue weighted by Crippen LogP contribution is 2.48. The van der Waals surface area contributed by atoms with Gasteiger partial charge in [-0.3, -0.25) is 0 Å². The predicted molar refractivity (Wildman–Crippen MR) is 122 cm³/mol. The molecule has 0 aromatic rings. The molecule has 2 aliphatic heterocycles. The highest BCUT2D eigenvalue weighted by Gasteiger charge is 2.53. The second-order valence-corrected chi connectivity index (χ2v) is 9.12. The molecule has 0 radical (unpaired) electrons. The van der Waals surface area contributed by atoms with Crippen molar-refractivity contribution in [2.24, 2.45) is 16.8 Å². The Kier molecular flexibility index (Phi) is 5.55. The number of nitriles is 1. The summed E-state index contributed by atoms with van der Waals surface area (Å²) in [7, 11) is 2.08. The zero-order valence-electron chi connectivity index (χ0n) is 17.1. The molecule has 0 bridgehead atoms. The van der Waals surface area contributed by atoms with Crippen LogP contribution in [0.25, 0.3) is 0 Å². The number of nitrogens with one attached hydrogen (secondary N) is 1. The van der Waals surface area contributed by atoms with E-state index in [-0.39, 0.29) is 12.1 Å². The smallest absolute Gasteiger partial charge is 0.343 e. The van der Waals surface area contributed by atoms with Crippen molar-refractivity contribution in [3.05, 3.63) is 59.8 Å². The van der Waals surface area contributed by atoms with E-state index in [9.17, 15) is 5.26 Å². The van der Waals surface area contributed by atoms with Crippen molar-refractivity contribution in [3.63, 3.8) is 0 Å². The minimum atomic E-state index is 0.0163. The average molecular weight is 404 g/mol. The monoisotopic (exact) mass is 404 g/mol. The predicted octanol–water partition coefficient (Wildman–Crippen LogP) is 3.82. The van der Waals surface area contributed by atoms with Crippen molar-refractivity contribution >= 4 is 30.3 Å². The number of hydrogen-bond donors (Lipinski definition) is 1. The third-order valence-electron chi connectivity index (χ3n) is 5.99. The minimum Gasteiger partial charge on any atom is -0.343 e. The standard InChI is InChI=1S/C22H27BN5S/c1-5-7-8-11-19-22-25-17-13-16-10-9-12-18(21(16)17)28(22)23(26-27(19)4)20(6-2)29-15(3)14-24/h5,9-10,12-13,16,20-21,26H,1,3,6-8,11H2,2,4H3/q+1/t16-,20?,21?/m1/s1.